The molecule has 0 aliphatic carbocycles. The van der Waals surface area contributed by atoms with Crippen LogP contribution in [0.3, 0.4) is 0 Å². The molecule has 0 saturated carbocycles. The third-order valence-corrected chi connectivity index (χ3v) is 1.22. The summed E-state index contributed by atoms with van der Waals surface area (Å²) in [6, 6.07) is 0. The average molecular weight is 210 g/mol. The smallest absolute Gasteiger partial charge is 0.358 e. The van der Waals surface area contributed by atoms with Crippen molar-refractivity contribution in [3.63, 3.8) is 0 Å². The van der Waals surface area contributed by atoms with Gasteiger partial charge >= 0.3 is 17.1 Å². The van der Waals surface area contributed by atoms with Crippen LogP contribution in [0, 0.1) is 14.9 Å². The van der Waals surface area contributed by atoms with E-state index in [1.165, 1.54) is 17.1 Å². The van der Waals surface area contributed by atoms with Crippen LogP contribution in [-0.4, -0.2) is 23.3 Å². The van der Waals surface area contributed by atoms with Crippen molar-refractivity contribution in [2.24, 2.45) is 0 Å². The fraction of sp³-hybridized carbons (Fsp3) is 0.250. The minimum atomic E-state index is -0.206. The van der Waals surface area contributed by atoms with Crippen molar-refractivity contribution in [2.45, 2.75) is 6.92 Å². The summed E-state index contributed by atoms with van der Waals surface area (Å²) < 4.78 is 0. The van der Waals surface area contributed by atoms with Crippen molar-refractivity contribution in [3.8, 4) is 0 Å². The van der Waals surface area contributed by atoms with Crippen LogP contribution in [0.2, 0.25) is 0 Å². The number of hydrogen-bond acceptors (Lipinski definition) is 2. The monoisotopic (exact) mass is 210 g/mol. The van der Waals surface area contributed by atoms with Gasteiger partial charge < -0.3 is 14.9 Å². The number of rotatable bonds is 1. The van der Waals surface area contributed by atoms with Gasteiger partial charge in [-0.15, -0.1) is 0 Å². The van der Waals surface area contributed by atoms with Gasteiger partial charge in [0.25, 0.3) is 11.8 Å². The van der Waals surface area contributed by atoms with Crippen LogP contribution >= 0.6 is 0 Å². The van der Waals surface area contributed by atoms with Crippen LogP contribution < -0.4 is 0 Å². The zero-order valence-corrected chi connectivity index (χ0v) is 8.68. The van der Waals surface area contributed by atoms with Crippen LogP contribution in [0.4, 0.5) is 0 Å². The molecule has 0 unspecified atom stereocenters. The van der Waals surface area contributed by atoms with Crippen LogP contribution in [-0.2, 0) is 26.7 Å². The molecule has 2 amide bonds. The second kappa shape index (κ2) is 7.07. The number of likely N-dealkylation sites (N-methyl/N-ethyl adjacent to an activating group) is 1. The summed E-state index contributed by atoms with van der Waals surface area (Å²) in [5.74, 6) is -0.412. The molecule has 12 heavy (non-hydrogen) atoms. The molecule has 0 aromatic heterocycles. The Labute approximate surface area is 84.3 Å². The number of nitrogens with zero attached hydrogens (tertiary/aromatic N) is 1. The summed E-state index contributed by atoms with van der Waals surface area (Å²) in [7, 11) is 0. The Bertz CT molecular complexity index is 171. The molecule has 0 aromatic rings. The quantitative estimate of drug-likeness (QED) is 0.365. The first-order valence-electron chi connectivity index (χ1n) is 2.79. The van der Waals surface area contributed by atoms with E-state index in [-0.39, 0.29) is 43.7 Å². The molecule has 69 valence electrons. The zero-order chi connectivity index (χ0) is 6.85. The van der Waals surface area contributed by atoms with Crippen LogP contribution in [0.25, 0.3) is 0 Å². The van der Waals surface area contributed by atoms with Gasteiger partial charge in [0, 0.05) is 18.7 Å². The van der Waals surface area contributed by atoms with Crippen molar-refractivity contribution in [1.29, 1.82) is 0 Å². The fourth-order valence-corrected chi connectivity index (χ4v) is 0.743. The topological polar surface area (TPSA) is 37.4 Å². The van der Waals surface area contributed by atoms with Crippen molar-refractivity contribution < 1.29 is 26.7 Å². The number of hydrogen-bond donors (Lipinski definition) is 0. The molecule has 1 heterocycles. The molecule has 1 radical (unpaired) electrons. The molecule has 1 rings (SSSR count). The third kappa shape index (κ3) is 3.20. The van der Waals surface area contributed by atoms with Crippen LogP contribution in [0.1, 0.15) is 6.92 Å². The van der Waals surface area contributed by atoms with Gasteiger partial charge in [0.05, 0.1) is 0 Å². The first-order valence-corrected chi connectivity index (χ1v) is 2.79. The van der Waals surface area contributed by atoms with Crippen LogP contribution in [0.5, 0.6) is 0 Å². The molecular formula is C8H13MnNO2. The summed E-state index contributed by atoms with van der Waals surface area (Å²) in [5.41, 5.74) is 0. The maximum absolute atomic E-state index is 10.6. The van der Waals surface area contributed by atoms with E-state index in [0.29, 0.717) is 6.54 Å². The minimum absolute atomic E-state index is 0. The van der Waals surface area contributed by atoms with Gasteiger partial charge in [-0.1, -0.05) is 0 Å². The van der Waals surface area contributed by atoms with Gasteiger partial charge in [-0.25, -0.2) is 0 Å². The Hall–Kier alpha value is -0.601. The zero-order valence-electron chi connectivity index (χ0n) is 7.50. The van der Waals surface area contributed by atoms with E-state index in [1.54, 1.807) is 6.92 Å². The summed E-state index contributed by atoms with van der Waals surface area (Å²) in [5, 5.41) is 0. The molecule has 0 atom stereocenters. The van der Waals surface area contributed by atoms with Gasteiger partial charge in [0.1, 0.15) is 0 Å². The minimum Gasteiger partial charge on any atom is -0.358 e. The van der Waals surface area contributed by atoms with Gasteiger partial charge in [0.2, 0.25) is 0 Å². The van der Waals surface area contributed by atoms with Crippen LogP contribution in [0.15, 0.2) is 12.2 Å². The summed E-state index contributed by atoms with van der Waals surface area (Å²) >= 11 is 0. The molecule has 0 fully saturated rings. The predicted octanol–water partition coefficient (Wildman–Crippen LogP) is 0.829. The summed E-state index contributed by atoms with van der Waals surface area (Å²) in [6.07, 6.45) is 2.57. The summed E-state index contributed by atoms with van der Waals surface area (Å²) in [6.45, 7) is 2.23. The number of imide groups is 1. The Balaban J connectivity index is -0.000000270. The molecule has 0 saturated heterocycles. The normalized spacial score (nSPS) is 13.2. The maximum Gasteiger partial charge on any atom is 2.00 e. The van der Waals surface area contributed by atoms with Crippen molar-refractivity contribution in [2.75, 3.05) is 6.54 Å². The van der Waals surface area contributed by atoms with E-state index in [4.69, 9.17) is 0 Å². The SMILES string of the molecule is CCN1C(=O)C=CC1=O.[CH3-].[CH3-].[Mn+2]. The maximum atomic E-state index is 10.6. The molecule has 1 aliphatic heterocycles. The Kier molecular flexibility index (Phi) is 10.3. The first kappa shape index (κ1) is 17.5. The van der Waals surface area contributed by atoms with E-state index < -0.39 is 0 Å². The van der Waals surface area contributed by atoms with E-state index in [1.807, 2.05) is 0 Å². The fourth-order valence-electron chi connectivity index (χ4n) is 0.743. The molecule has 0 bridgehead atoms. The number of carbonyl (C=O) groups excluding carboxylic acids is 2. The molecule has 0 aromatic carbocycles. The number of carbonyl (C=O) groups is 2. The largest absolute Gasteiger partial charge is 2.00 e. The van der Waals surface area contributed by atoms with Gasteiger partial charge in [-0.05, 0) is 6.92 Å². The Morgan fingerprint density at radius 1 is 1.17 bits per heavy atom. The van der Waals surface area contributed by atoms with Gasteiger partial charge in [0.15, 0.2) is 0 Å². The average Bonchev–Trinajstić information content (AvgIpc) is 2.12. The van der Waals surface area contributed by atoms with Crippen molar-refractivity contribution in [3.05, 3.63) is 27.0 Å². The second-order valence-electron chi connectivity index (χ2n) is 1.75. The number of amides is 2. The third-order valence-electron chi connectivity index (χ3n) is 1.22. The molecule has 0 spiro atoms. The second-order valence-corrected chi connectivity index (χ2v) is 1.75. The molecule has 3 nitrogen and oxygen atoms in total. The van der Waals surface area contributed by atoms with Crippen molar-refractivity contribution >= 4 is 11.8 Å². The molecule has 1 aliphatic rings. The standard InChI is InChI=1S/C6H7NO2.2CH3.Mn/c1-2-7-5(8)3-4-6(7)9;;;/h3-4H,2H2,1H3;2*1H3;/q;2*-1;+2. The predicted molar refractivity (Wildman–Crippen MR) is 44.4 cm³/mol. The van der Waals surface area contributed by atoms with E-state index in [2.05, 4.69) is 0 Å². The van der Waals surface area contributed by atoms with E-state index in [9.17, 15) is 9.59 Å². The molecule has 4 heteroatoms. The first-order chi connectivity index (χ1) is 4.25. The Morgan fingerprint density at radius 3 is 1.67 bits per heavy atom. The Morgan fingerprint density at radius 2 is 1.50 bits per heavy atom. The van der Waals surface area contributed by atoms with Gasteiger partial charge in [-0.2, -0.15) is 0 Å². The van der Waals surface area contributed by atoms with Gasteiger partial charge in [-0.3, -0.25) is 14.5 Å². The summed E-state index contributed by atoms with van der Waals surface area (Å²) in [4.78, 5) is 22.4. The molecule has 0 N–H and O–H groups in total. The van der Waals surface area contributed by atoms with Crippen molar-refractivity contribution in [1.82, 2.24) is 4.90 Å². The van der Waals surface area contributed by atoms with E-state index in [0.717, 1.165) is 0 Å². The van der Waals surface area contributed by atoms with E-state index >= 15 is 0 Å². The molecular weight excluding hydrogens is 197 g/mol.